The van der Waals surface area contributed by atoms with Crippen LogP contribution in [0.15, 0.2) is 42.6 Å². The van der Waals surface area contributed by atoms with Gasteiger partial charge in [-0.2, -0.15) is 0 Å². The number of nitrogens with zero attached hydrogens (tertiary/aromatic N) is 3. The lowest BCUT2D eigenvalue weighted by Gasteiger charge is -2.38. The molecular weight excluding hydrogens is 366 g/mol. The molecule has 0 spiro atoms. The normalized spacial score (nSPS) is 18.7. The summed E-state index contributed by atoms with van der Waals surface area (Å²) in [5.41, 5.74) is 2.07. The van der Waals surface area contributed by atoms with Gasteiger partial charge in [-0.25, -0.2) is 4.79 Å². The molecule has 1 aliphatic heterocycles. The van der Waals surface area contributed by atoms with Gasteiger partial charge in [0.1, 0.15) is 6.54 Å². The van der Waals surface area contributed by atoms with Gasteiger partial charge in [-0.05, 0) is 42.7 Å². The Kier molecular flexibility index (Phi) is 4.83. The molecule has 142 valence electrons. The molecule has 7 heteroatoms. The second-order valence-electron chi connectivity index (χ2n) is 7.00. The summed E-state index contributed by atoms with van der Waals surface area (Å²) in [6.07, 6.45) is 3.44. The molecule has 1 saturated carbocycles. The second-order valence-corrected chi connectivity index (χ2v) is 7.43. The van der Waals surface area contributed by atoms with Crippen LogP contribution in [0.5, 0.6) is 0 Å². The molecule has 1 atom stereocenters. The Labute approximate surface area is 163 Å². The molecule has 2 heterocycles. The molecule has 0 unspecified atom stereocenters. The van der Waals surface area contributed by atoms with Crippen molar-refractivity contribution in [3.8, 4) is 0 Å². The molecule has 0 bridgehead atoms. The summed E-state index contributed by atoms with van der Waals surface area (Å²) >= 11 is 6.05. The van der Waals surface area contributed by atoms with Crippen molar-refractivity contribution in [2.45, 2.75) is 31.5 Å². The van der Waals surface area contributed by atoms with E-state index in [1.54, 1.807) is 4.90 Å². The molecular formula is C20H22ClN3O3. The van der Waals surface area contributed by atoms with E-state index in [1.807, 2.05) is 47.5 Å². The van der Waals surface area contributed by atoms with E-state index in [9.17, 15) is 9.59 Å². The van der Waals surface area contributed by atoms with Crippen LogP contribution in [0, 0.1) is 0 Å². The van der Waals surface area contributed by atoms with Crippen LogP contribution in [0.25, 0.3) is 0 Å². The zero-order valence-electron chi connectivity index (χ0n) is 15.2. The molecule has 4 rings (SSSR count). The van der Waals surface area contributed by atoms with Gasteiger partial charge in [-0.3, -0.25) is 9.69 Å². The first-order chi connectivity index (χ1) is 13.1. The molecule has 2 aromatic rings. The average Bonchev–Trinajstić information content (AvgIpc) is 3.41. The fraction of sp³-hybridized carbons (Fsp3) is 0.400. The van der Waals surface area contributed by atoms with Crippen molar-refractivity contribution in [1.29, 1.82) is 0 Å². The molecule has 2 aliphatic rings. The third-order valence-corrected chi connectivity index (χ3v) is 5.50. The number of hydrogen-bond acceptors (Lipinski definition) is 3. The highest BCUT2D eigenvalue weighted by molar-refractivity contribution is 6.30. The summed E-state index contributed by atoms with van der Waals surface area (Å²) in [7, 11) is 1.35. The van der Waals surface area contributed by atoms with Crippen LogP contribution in [-0.4, -0.2) is 52.6 Å². The van der Waals surface area contributed by atoms with Gasteiger partial charge in [-0.15, -0.1) is 0 Å². The lowest BCUT2D eigenvalue weighted by molar-refractivity contribution is -0.135. The average molecular weight is 388 g/mol. The van der Waals surface area contributed by atoms with Gasteiger partial charge < -0.3 is 14.2 Å². The van der Waals surface area contributed by atoms with E-state index in [2.05, 4.69) is 4.57 Å². The van der Waals surface area contributed by atoms with Crippen LogP contribution in [-0.2, 0) is 16.1 Å². The van der Waals surface area contributed by atoms with Crippen LogP contribution in [0.4, 0.5) is 4.79 Å². The summed E-state index contributed by atoms with van der Waals surface area (Å²) < 4.78 is 7.04. The molecule has 0 N–H and O–H groups in total. The molecule has 0 radical (unpaired) electrons. The van der Waals surface area contributed by atoms with E-state index in [1.165, 1.54) is 7.11 Å². The summed E-state index contributed by atoms with van der Waals surface area (Å²) in [6.45, 7) is 1.37. The lowest BCUT2D eigenvalue weighted by Crippen LogP contribution is -2.48. The lowest BCUT2D eigenvalue weighted by atomic mass is 10.00. The molecule has 6 nitrogen and oxygen atoms in total. The number of fused-ring (bicyclic) bond motifs is 1. The summed E-state index contributed by atoms with van der Waals surface area (Å²) in [6, 6.07) is 11.5. The van der Waals surface area contributed by atoms with E-state index in [4.69, 9.17) is 16.3 Å². The zero-order valence-corrected chi connectivity index (χ0v) is 15.9. The first-order valence-electron chi connectivity index (χ1n) is 9.13. The number of halogens is 1. The van der Waals surface area contributed by atoms with Crippen molar-refractivity contribution in [1.82, 2.24) is 14.4 Å². The highest BCUT2D eigenvalue weighted by Gasteiger charge is 2.38. The predicted molar refractivity (Wildman–Crippen MR) is 102 cm³/mol. The van der Waals surface area contributed by atoms with Gasteiger partial charge >= 0.3 is 6.09 Å². The number of rotatable bonds is 4. The van der Waals surface area contributed by atoms with E-state index in [0.29, 0.717) is 11.6 Å². The number of carbonyl (C=O) groups is 2. The standard InChI is InChI=1S/C20H22ClN3O3/c1-27-20(26)24(16-8-9-16)13-18(25)23-12-11-22-10-2-3-17(22)19(23)14-4-6-15(21)7-5-14/h2-7,10,16,19H,8-9,11-13H2,1H3/t19-/m1/s1. The molecule has 1 fully saturated rings. The van der Waals surface area contributed by atoms with Crippen molar-refractivity contribution in [3.63, 3.8) is 0 Å². The van der Waals surface area contributed by atoms with Gasteiger partial charge in [0.25, 0.3) is 0 Å². The SMILES string of the molecule is COC(=O)N(CC(=O)N1CCn2cccc2[C@H]1c1ccc(Cl)cc1)C1CC1. The number of carbonyl (C=O) groups excluding carboxylic acids is 2. The minimum absolute atomic E-state index is 0.0438. The third kappa shape index (κ3) is 3.54. The number of benzene rings is 1. The molecule has 1 aliphatic carbocycles. The van der Waals surface area contributed by atoms with E-state index < -0.39 is 6.09 Å². The van der Waals surface area contributed by atoms with Crippen LogP contribution < -0.4 is 0 Å². The Balaban J connectivity index is 1.62. The number of amides is 2. The Hall–Kier alpha value is -2.47. The van der Waals surface area contributed by atoms with Crippen LogP contribution in [0.2, 0.25) is 5.02 Å². The van der Waals surface area contributed by atoms with Crippen LogP contribution in [0.1, 0.15) is 30.1 Å². The van der Waals surface area contributed by atoms with Crippen molar-refractivity contribution in [3.05, 3.63) is 58.9 Å². The fourth-order valence-electron chi connectivity index (χ4n) is 3.73. The number of aromatic nitrogens is 1. The number of ether oxygens (including phenoxy) is 1. The van der Waals surface area contributed by atoms with Gasteiger partial charge in [0.2, 0.25) is 5.91 Å². The third-order valence-electron chi connectivity index (χ3n) is 5.25. The minimum atomic E-state index is -0.436. The van der Waals surface area contributed by atoms with Gasteiger partial charge in [0, 0.05) is 36.0 Å². The topological polar surface area (TPSA) is 54.8 Å². The maximum atomic E-state index is 13.2. The van der Waals surface area contributed by atoms with Crippen molar-refractivity contribution >= 4 is 23.6 Å². The smallest absolute Gasteiger partial charge is 0.410 e. The monoisotopic (exact) mass is 387 g/mol. The first-order valence-corrected chi connectivity index (χ1v) is 9.51. The van der Waals surface area contributed by atoms with E-state index in [-0.39, 0.29) is 24.5 Å². The molecule has 2 amide bonds. The fourth-order valence-corrected chi connectivity index (χ4v) is 3.86. The van der Waals surface area contributed by atoms with Crippen molar-refractivity contribution in [2.75, 3.05) is 20.2 Å². The zero-order chi connectivity index (χ0) is 19.0. The number of hydrogen-bond donors (Lipinski definition) is 0. The summed E-state index contributed by atoms with van der Waals surface area (Å²) in [5.74, 6) is -0.0697. The first kappa shape index (κ1) is 17.9. The van der Waals surface area contributed by atoms with E-state index in [0.717, 1.165) is 30.6 Å². The van der Waals surface area contributed by atoms with Gasteiger partial charge in [-0.1, -0.05) is 23.7 Å². The van der Waals surface area contributed by atoms with Crippen LogP contribution >= 0.6 is 11.6 Å². The molecule has 27 heavy (non-hydrogen) atoms. The Morgan fingerprint density at radius 2 is 1.93 bits per heavy atom. The maximum Gasteiger partial charge on any atom is 0.410 e. The highest BCUT2D eigenvalue weighted by Crippen LogP contribution is 2.34. The molecule has 1 aromatic heterocycles. The minimum Gasteiger partial charge on any atom is -0.453 e. The number of methoxy groups -OCH3 is 1. The van der Waals surface area contributed by atoms with Crippen LogP contribution in [0.3, 0.4) is 0 Å². The summed E-state index contributed by atoms with van der Waals surface area (Å²) in [4.78, 5) is 28.7. The predicted octanol–water partition coefficient (Wildman–Crippen LogP) is 3.30. The van der Waals surface area contributed by atoms with Gasteiger partial charge in [0.15, 0.2) is 0 Å². The van der Waals surface area contributed by atoms with Crippen molar-refractivity contribution < 1.29 is 14.3 Å². The largest absolute Gasteiger partial charge is 0.453 e. The Morgan fingerprint density at radius 1 is 1.19 bits per heavy atom. The molecule has 0 saturated heterocycles. The Bertz CT molecular complexity index is 844. The Morgan fingerprint density at radius 3 is 2.59 bits per heavy atom. The summed E-state index contributed by atoms with van der Waals surface area (Å²) in [5, 5.41) is 0.661. The van der Waals surface area contributed by atoms with Gasteiger partial charge in [0.05, 0.1) is 13.2 Å². The van der Waals surface area contributed by atoms with Crippen molar-refractivity contribution in [2.24, 2.45) is 0 Å². The second kappa shape index (κ2) is 7.27. The van der Waals surface area contributed by atoms with E-state index >= 15 is 0 Å². The highest BCUT2D eigenvalue weighted by atomic mass is 35.5. The quantitative estimate of drug-likeness (QED) is 0.808. The maximum absolute atomic E-state index is 13.2. The molecule has 1 aromatic carbocycles.